The Bertz CT molecular complexity index is 927. The van der Waals surface area contributed by atoms with Gasteiger partial charge in [-0.1, -0.05) is 11.6 Å². The molecule has 0 N–H and O–H groups in total. The number of hydrogen-bond donors (Lipinski definition) is 0. The highest BCUT2D eigenvalue weighted by Crippen LogP contribution is 2.23. The van der Waals surface area contributed by atoms with Crippen molar-refractivity contribution in [2.24, 2.45) is 0 Å². The van der Waals surface area contributed by atoms with Crippen molar-refractivity contribution in [1.29, 1.82) is 0 Å². The predicted octanol–water partition coefficient (Wildman–Crippen LogP) is 0.107. The molecule has 0 saturated carbocycles. The Labute approximate surface area is 185 Å². The first-order chi connectivity index (χ1) is 14.1. The maximum Gasteiger partial charge on any atom is 0.242 e. The second-order valence-electron chi connectivity index (χ2n) is 7.48. The van der Waals surface area contributed by atoms with E-state index in [-0.39, 0.29) is 31.2 Å². The molecule has 2 aliphatic heterocycles. The van der Waals surface area contributed by atoms with Crippen LogP contribution in [0.25, 0.3) is 0 Å². The number of carbonyl (C=O) groups is 3. The van der Waals surface area contributed by atoms with E-state index < -0.39 is 21.2 Å². The van der Waals surface area contributed by atoms with E-state index in [2.05, 4.69) is 0 Å². The summed E-state index contributed by atoms with van der Waals surface area (Å²) in [4.78, 5) is 42.9. The normalized spacial score (nSPS) is 21.6. The second-order valence-corrected chi connectivity index (χ2v) is 11.5. The fourth-order valence-electron chi connectivity index (χ4n) is 3.58. The van der Waals surface area contributed by atoms with Gasteiger partial charge < -0.3 is 14.7 Å². The molecule has 0 radical (unpaired) electrons. The third kappa shape index (κ3) is 4.96. The van der Waals surface area contributed by atoms with Gasteiger partial charge in [-0.2, -0.15) is 0 Å². The van der Waals surface area contributed by atoms with Crippen molar-refractivity contribution in [2.45, 2.75) is 18.1 Å². The molecule has 1 aromatic rings. The van der Waals surface area contributed by atoms with Gasteiger partial charge in [-0.25, -0.2) is 12.7 Å². The van der Waals surface area contributed by atoms with Crippen molar-refractivity contribution in [2.75, 3.05) is 53.4 Å². The van der Waals surface area contributed by atoms with E-state index in [0.29, 0.717) is 37.1 Å². The SMILES string of the molecule is CN(CC(=O)N1CCN(C(=O)Cc2ccc(Cl)s2)CC1)C(=O)C1CCN(C)S1(=O)=O. The lowest BCUT2D eigenvalue weighted by atomic mass is 10.2. The van der Waals surface area contributed by atoms with E-state index in [1.165, 1.54) is 34.6 Å². The molecule has 30 heavy (non-hydrogen) atoms. The molecular formula is C18H25ClN4O5S2. The van der Waals surface area contributed by atoms with Crippen LogP contribution in [0.15, 0.2) is 12.1 Å². The van der Waals surface area contributed by atoms with Gasteiger partial charge in [0.15, 0.2) is 5.25 Å². The molecule has 0 spiro atoms. The summed E-state index contributed by atoms with van der Waals surface area (Å²) in [5.41, 5.74) is 0. The summed E-state index contributed by atoms with van der Waals surface area (Å²) in [6, 6.07) is 3.60. The highest BCUT2D eigenvalue weighted by Gasteiger charge is 2.43. The summed E-state index contributed by atoms with van der Waals surface area (Å²) in [7, 11) is -0.756. The van der Waals surface area contributed by atoms with Crippen LogP contribution in [-0.4, -0.2) is 104 Å². The van der Waals surface area contributed by atoms with E-state index in [1.807, 2.05) is 6.07 Å². The number of nitrogens with zero attached hydrogens (tertiary/aromatic N) is 4. The first-order valence-corrected chi connectivity index (χ1v) is 12.3. The van der Waals surface area contributed by atoms with E-state index in [0.717, 1.165) is 4.88 Å². The number of likely N-dealkylation sites (N-methyl/N-ethyl adjacent to an activating group) is 1. The van der Waals surface area contributed by atoms with Crippen LogP contribution >= 0.6 is 22.9 Å². The lowest BCUT2D eigenvalue weighted by Crippen LogP contribution is -2.53. The van der Waals surface area contributed by atoms with Gasteiger partial charge in [-0.15, -0.1) is 11.3 Å². The quantitative estimate of drug-likeness (QED) is 0.600. The van der Waals surface area contributed by atoms with Gasteiger partial charge >= 0.3 is 0 Å². The number of halogens is 1. The lowest BCUT2D eigenvalue weighted by Gasteiger charge is -2.35. The van der Waals surface area contributed by atoms with Crippen LogP contribution < -0.4 is 0 Å². The number of sulfonamides is 1. The first-order valence-electron chi connectivity index (χ1n) is 9.59. The predicted molar refractivity (Wildman–Crippen MR) is 114 cm³/mol. The van der Waals surface area contributed by atoms with Crippen LogP contribution in [0.4, 0.5) is 0 Å². The molecule has 3 heterocycles. The van der Waals surface area contributed by atoms with E-state index in [9.17, 15) is 22.8 Å². The maximum absolute atomic E-state index is 12.6. The maximum atomic E-state index is 12.6. The van der Waals surface area contributed by atoms with Crippen molar-refractivity contribution in [3.63, 3.8) is 0 Å². The molecule has 0 bridgehead atoms. The topological polar surface area (TPSA) is 98.3 Å². The molecule has 2 aliphatic rings. The fourth-order valence-corrected chi connectivity index (χ4v) is 6.29. The molecule has 166 valence electrons. The van der Waals surface area contributed by atoms with Gasteiger partial charge in [-0.05, 0) is 18.6 Å². The van der Waals surface area contributed by atoms with Crippen LogP contribution in [0.2, 0.25) is 4.34 Å². The molecule has 12 heteroatoms. The third-order valence-corrected chi connectivity index (χ3v) is 8.90. The van der Waals surface area contributed by atoms with Gasteiger partial charge in [0.25, 0.3) is 0 Å². The van der Waals surface area contributed by atoms with Gasteiger partial charge in [0.2, 0.25) is 27.7 Å². The number of thiophene rings is 1. The van der Waals surface area contributed by atoms with Crippen LogP contribution in [0.5, 0.6) is 0 Å². The number of piperazine rings is 1. The molecule has 3 amide bonds. The van der Waals surface area contributed by atoms with Crippen LogP contribution in [0, 0.1) is 0 Å². The molecule has 0 aliphatic carbocycles. The Morgan fingerprint density at radius 2 is 1.70 bits per heavy atom. The van der Waals surface area contributed by atoms with Gasteiger partial charge in [-0.3, -0.25) is 14.4 Å². The molecule has 9 nitrogen and oxygen atoms in total. The van der Waals surface area contributed by atoms with Crippen molar-refractivity contribution >= 4 is 50.7 Å². The zero-order chi connectivity index (χ0) is 22.1. The zero-order valence-corrected chi connectivity index (χ0v) is 19.3. The van der Waals surface area contributed by atoms with Crippen LogP contribution in [0.1, 0.15) is 11.3 Å². The van der Waals surface area contributed by atoms with Crippen molar-refractivity contribution in [3.8, 4) is 0 Å². The van der Waals surface area contributed by atoms with Gasteiger partial charge in [0, 0.05) is 51.7 Å². The van der Waals surface area contributed by atoms with Crippen molar-refractivity contribution < 1.29 is 22.8 Å². The zero-order valence-electron chi connectivity index (χ0n) is 16.9. The smallest absolute Gasteiger partial charge is 0.242 e. The number of carbonyl (C=O) groups excluding carboxylic acids is 3. The van der Waals surface area contributed by atoms with Crippen molar-refractivity contribution in [3.05, 3.63) is 21.3 Å². The van der Waals surface area contributed by atoms with E-state index >= 15 is 0 Å². The highest BCUT2D eigenvalue weighted by molar-refractivity contribution is 7.90. The van der Waals surface area contributed by atoms with E-state index in [1.54, 1.807) is 15.9 Å². The van der Waals surface area contributed by atoms with Crippen LogP contribution in [0.3, 0.4) is 0 Å². The summed E-state index contributed by atoms with van der Waals surface area (Å²) in [5, 5.41) is -1.12. The average Bonchev–Trinajstić information content (AvgIpc) is 3.23. The first kappa shape index (κ1) is 23.0. The Hall–Kier alpha value is -1.69. The Morgan fingerprint density at radius 3 is 2.20 bits per heavy atom. The monoisotopic (exact) mass is 476 g/mol. The molecule has 0 aromatic carbocycles. The summed E-state index contributed by atoms with van der Waals surface area (Å²) in [6.45, 7) is 1.71. The van der Waals surface area contributed by atoms with Crippen molar-refractivity contribution in [1.82, 2.24) is 19.0 Å². The highest BCUT2D eigenvalue weighted by atomic mass is 35.5. The number of amides is 3. The Morgan fingerprint density at radius 1 is 1.10 bits per heavy atom. The molecule has 1 atom stereocenters. The Kier molecular flexibility index (Phi) is 7.05. The summed E-state index contributed by atoms with van der Waals surface area (Å²) < 4.78 is 26.2. The molecule has 2 fully saturated rings. The molecular weight excluding hydrogens is 452 g/mol. The minimum atomic E-state index is -3.65. The lowest BCUT2D eigenvalue weighted by molar-refractivity contribution is -0.142. The van der Waals surface area contributed by atoms with E-state index in [4.69, 9.17) is 11.6 Å². The van der Waals surface area contributed by atoms with Gasteiger partial charge in [0.1, 0.15) is 0 Å². The number of rotatable bonds is 5. The molecule has 1 unspecified atom stereocenters. The molecule has 3 rings (SSSR count). The fraction of sp³-hybridized carbons (Fsp3) is 0.611. The Balaban J connectivity index is 1.48. The summed E-state index contributed by atoms with van der Waals surface area (Å²) in [6.07, 6.45) is 0.513. The molecule has 1 aromatic heterocycles. The average molecular weight is 477 g/mol. The third-order valence-electron chi connectivity index (χ3n) is 5.46. The minimum absolute atomic E-state index is 0.0107. The minimum Gasteiger partial charge on any atom is -0.339 e. The molecule has 2 saturated heterocycles. The number of hydrogen-bond acceptors (Lipinski definition) is 6. The van der Waals surface area contributed by atoms with Gasteiger partial charge in [0.05, 0.1) is 17.3 Å². The largest absolute Gasteiger partial charge is 0.339 e. The van der Waals surface area contributed by atoms with Crippen LogP contribution in [-0.2, 0) is 30.8 Å². The second kappa shape index (κ2) is 9.21. The summed E-state index contributed by atoms with van der Waals surface area (Å²) in [5.74, 6) is -0.827. The summed E-state index contributed by atoms with van der Waals surface area (Å²) >= 11 is 7.27. The standard InChI is InChI=1S/C18H25ClN4O5S2/c1-20(18(26)14-5-6-21(2)30(14,27)28)12-17(25)23-9-7-22(8-10-23)16(24)11-13-3-4-15(19)29-13/h3-4,14H,5-12H2,1-2H3.